The molecule has 0 amide bonds. The molecule has 0 atom stereocenters. The van der Waals surface area contributed by atoms with Gasteiger partial charge in [-0.05, 0) is 95.6 Å². The molecule has 0 aliphatic rings. The first kappa shape index (κ1) is 28.4. The molecule has 2 heterocycles. The van der Waals surface area contributed by atoms with Crippen LogP contribution >= 0.6 is 0 Å². The Morgan fingerprint density at radius 2 is 1.72 bits per heavy atom. The minimum Gasteiger partial charge on any atom is -0.326 e. The molecule has 10 heteroatoms. The zero-order chi connectivity index (χ0) is 28.0. The van der Waals surface area contributed by atoms with Crippen LogP contribution in [0.5, 0.6) is 0 Å². The van der Waals surface area contributed by atoms with Crippen molar-refractivity contribution in [2.75, 3.05) is 30.8 Å². The lowest BCUT2D eigenvalue weighted by molar-refractivity contribution is -0.137. The molecule has 7 nitrogen and oxygen atoms in total. The fourth-order valence-corrected chi connectivity index (χ4v) is 4.52. The van der Waals surface area contributed by atoms with Gasteiger partial charge in [0.2, 0.25) is 11.9 Å². The molecule has 0 spiro atoms. The van der Waals surface area contributed by atoms with Crippen molar-refractivity contribution in [2.45, 2.75) is 58.7 Å². The number of nitrogens with zero attached hydrogens (tertiary/aromatic N) is 5. The normalized spacial score (nSPS) is 12.0. The monoisotopic (exact) mass is 539 g/mol. The number of imidazole rings is 1. The van der Waals surface area contributed by atoms with Crippen LogP contribution in [0.1, 0.15) is 57.2 Å². The lowest BCUT2D eigenvalue weighted by Gasteiger charge is -2.15. The van der Waals surface area contributed by atoms with Crippen molar-refractivity contribution < 1.29 is 13.2 Å². The smallest absolute Gasteiger partial charge is 0.326 e. The van der Waals surface area contributed by atoms with E-state index < -0.39 is 11.7 Å². The van der Waals surface area contributed by atoms with Gasteiger partial charge in [0, 0.05) is 17.4 Å². The number of halogens is 3. The quantitative estimate of drug-likeness (QED) is 0.181. The standard InChI is InChI=1S/C29H36F3N7/c1-5-16-38(4)17-7-6-9-21-12-14-23(15-13-21)34-27-33-19-25-26(37-27)39(20(2)3)28(36-25)35-24-11-8-10-22(18-24)29(30,31)32/h8,10-15,18-20H,5-7,9,16-17H2,1-4H3,(H,35,36)(H,33,34,37). The maximum atomic E-state index is 13.2. The highest BCUT2D eigenvalue weighted by atomic mass is 19.4. The summed E-state index contributed by atoms with van der Waals surface area (Å²) in [6, 6.07) is 13.3. The lowest BCUT2D eigenvalue weighted by Crippen LogP contribution is -2.20. The van der Waals surface area contributed by atoms with E-state index >= 15 is 0 Å². The molecule has 0 saturated carbocycles. The zero-order valence-electron chi connectivity index (χ0n) is 22.9. The van der Waals surface area contributed by atoms with Gasteiger partial charge in [0.25, 0.3) is 0 Å². The number of alkyl halides is 3. The highest BCUT2D eigenvalue weighted by Gasteiger charge is 2.30. The number of hydrogen-bond acceptors (Lipinski definition) is 6. The van der Waals surface area contributed by atoms with Gasteiger partial charge in [0.15, 0.2) is 5.65 Å². The zero-order valence-corrected chi connectivity index (χ0v) is 22.9. The van der Waals surface area contributed by atoms with E-state index in [4.69, 9.17) is 0 Å². The van der Waals surface area contributed by atoms with E-state index in [1.54, 1.807) is 12.3 Å². The summed E-state index contributed by atoms with van der Waals surface area (Å²) in [6.07, 6.45) is 1.74. The fourth-order valence-electron chi connectivity index (χ4n) is 4.52. The summed E-state index contributed by atoms with van der Waals surface area (Å²) in [7, 11) is 2.17. The molecule has 2 aromatic carbocycles. The molecule has 4 aromatic rings. The van der Waals surface area contributed by atoms with Gasteiger partial charge in [-0.1, -0.05) is 25.1 Å². The third-order valence-electron chi connectivity index (χ3n) is 6.47. The molecule has 0 fully saturated rings. The maximum absolute atomic E-state index is 13.2. The van der Waals surface area contributed by atoms with Crippen LogP contribution in [0, 0.1) is 0 Å². The summed E-state index contributed by atoms with van der Waals surface area (Å²) >= 11 is 0. The number of benzene rings is 2. The molecule has 2 N–H and O–H groups in total. The maximum Gasteiger partial charge on any atom is 0.416 e. The highest BCUT2D eigenvalue weighted by molar-refractivity contribution is 5.77. The molecule has 39 heavy (non-hydrogen) atoms. The number of fused-ring (bicyclic) bond motifs is 1. The molecule has 0 unspecified atom stereocenters. The van der Waals surface area contributed by atoms with Crippen molar-refractivity contribution >= 4 is 34.4 Å². The molecule has 0 aliphatic carbocycles. The number of rotatable bonds is 12. The molecule has 0 radical (unpaired) electrons. The molecular weight excluding hydrogens is 503 g/mol. The summed E-state index contributed by atoms with van der Waals surface area (Å²) in [5.41, 5.74) is 2.86. The Labute approximate surface area is 227 Å². The van der Waals surface area contributed by atoms with Crippen LogP contribution in [-0.4, -0.2) is 44.6 Å². The summed E-state index contributed by atoms with van der Waals surface area (Å²) in [6.45, 7) is 8.40. The van der Waals surface area contributed by atoms with Crippen molar-refractivity contribution in [3.63, 3.8) is 0 Å². The predicted molar refractivity (Wildman–Crippen MR) is 151 cm³/mol. The third-order valence-corrected chi connectivity index (χ3v) is 6.47. The van der Waals surface area contributed by atoms with Crippen molar-refractivity contribution in [1.82, 2.24) is 24.4 Å². The van der Waals surface area contributed by atoms with Crippen LogP contribution in [0.2, 0.25) is 0 Å². The number of aromatic nitrogens is 4. The van der Waals surface area contributed by atoms with Crippen LogP contribution < -0.4 is 10.6 Å². The number of nitrogens with one attached hydrogen (secondary N) is 2. The summed E-state index contributed by atoms with van der Waals surface area (Å²) in [5.74, 6) is 0.817. The number of unbranched alkanes of at least 4 members (excludes halogenated alkanes) is 1. The Morgan fingerprint density at radius 1 is 0.949 bits per heavy atom. The number of anilines is 4. The molecule has 0 aliphatic heterocycles. The van der Waals surface area contributed by atoms with Gasteiger partial charge in [-0.2, -0.15) is 18.2 Å². The first-order chi connectivity index (χ1) is 18.6. The Kier molecular flexibility index (Phi) is 9.06. The summed E-state index contributed by atoms with van der Waals surface area (Å²) in [4.78, 5) is 16.0. The minimum absolute atomic E-state index is 0.0490. The minimum atomic E-state index is -4.43. The SMILES string of the molecule is CCCN(C)CCCCc1ccc(Nc2ncc3nc(Nc4cccc(C(F)(F)F)c4)n(C(C)C)c3n2)cc1. The average Bonchev–Trinajstić information content (AvgIpc) is 3.24. The van der Waals surface area contributed by atoms with Gasteiger partial charge in [0.1, 0.15) is 5.52 Å². The predicted octanol–water partition coefficient (Wildman–Crippen LogP) is 7.58. The molecule has 2 aromatic heterocycles. The van der Waals surface area contributed by atoms with Crippen LogP contribution in [-0.2, 0) is 12.6 Å². The Morgan fingerprint density at radius 3 is 2.41 bits per heavy atom. The first-order valence-electron chi connectivity index (χ1n) is 13.4. The largest absolute Gasteiger partial charge is 0.416 e. The van der Waals surface area contributed by atoms with E-state index in [-0.39, 0.29) is 6.04 Å². The van der Waals surface area contributed by atoms with E-state index in [0.717, 1.165) is 43.8 Å². The number of hydrogen-bond donors (Lipinski definition) is 2. The van der Waals surface area contributed by atoms with Gasteiger partial charge < -0.3 is 15.5 Å². The molecule has 4 rings (SSSR count). The number of aryl methyl sites for hydroxylation is 1. The van der Waals surface area contributed by atoms with Gasteiger partial charge in [-0.25, -0.2) is 9.97 Å². The summed E-state index contributed by atoms with van der Waals surface area (Å²) < 4.78 is 41.4. The van der Waals surface area contributed by atoms with Crippen molar-refractivity contribution in [3.05, 3.63) is 65.9 Å². The van der Waals surface area contributed by atoms with E-state index in [1.165, 1.54) is 24.5 Å². The lowest BCUT2D eigenvalue weighted by atomic mass is 10.1. The Bertz CT molecular complexity index is 1360. The molecule has 0 saturated heterocycles. The topological polar surface area (TPSA) is 70.9 Å². The second kappa shape index (κ2) is 12.5. The molecule has 0 bridgehead atoms. The summed E-state index contributed by atoms with van der Waals surface area (Å²) in [5, 5.41) is 6.28. The van der Waals surface area contributed by atoms with Crippen LogP contribution in [0.4, 0.5) is 36.4 Å². The first-order valence-corrected chi connectivity index (χ1v) is 13.4. The van der Waals surface area contributed by atoms with Crippen molar-refractivity contribution in [1.29, 1.82) is 0 Å². The van der Waals surface area contributed by atoms with Crippen LogP contribution in [0.25, 0.3) is 11.2 Å². The Balaban J connectivity index is 1.46. The van der Waals surface area contributed by atoms with Gasteiger partial charge >= 0.3 is 6.18 Å². The van der Waals surface area contributed by atoms with Gasteiger partial charge in [-0.15, -0.1) is 0 Å². The second-order valence-electron chi connectivity index (χ2n) is 10.1. The Hall–Kier alpha value is -3.66. The molecular formula is C29H36F3N7. The highest BCUT2D eigenvalue weighted by Crippen LogP contribution is 2.32. The van der Waals surface area contributed by atoms with Crippen molar-refractivity contribution in [3.8, 4) is 0 Å². The van der Waals surface area contributed by atoms with E-state index in [9.17, 15) is 13.2 Å². The van der Waals surface area contributed by atoms with Gasteiger partial charge in [-0.3, -0.25) is 4.57 Å². The van der Waals surface area contributed by atoms with Gasteiger partial charge in [0.05, 0.1) is 11.8 Å². The van der Waals surface area contributed by atoms with E-state index in [2.05, 4.69) is 56.6 Å². The average molecular weight is 540 g/mol. The molecule has 208 valence electrons. The van der Waals surface area contributed by atoms with Crippen molar-refractivity contribution in [2.24, 2.45) is 0 Å². The van der Waals surface area contributed by atoms with Crippen LogP contribution in [0.3, 0.4) is 0 Å². The fraction of sp³-hybridized carbons (Fsp3) is 0.414. The van der Waals surface area contributed by atoms with E-state index in [1.807, 2.05) is 30.5 Å². The van der Waals surface area contributed by atoms with Crippen LogP contribution in [0.15, 0.2) is 54.7 Å². The second-order valence-corrected chi connectivity index (χ2v) is 10.1. The third kappa shape index (κ3) is 7.47. The van der Waals surface area contributed by atoms with E-state index in [0.29, 0.717) is 28.7 Å².